The lowest BCUT2D eigenvalue weighted by molar-refractivity contribution is -0.383. The summed E-state index contributed by atoms with van der Waals surface area (Å²) in [4.78, 5) is 12.7. The monoisotopic (exact) mass is 291 g/mol. The molecule has 0 unspecified atom stereocenters. The summed E-state index contributed by atoms with van der Waals surface area (Å²) in [5.74, 6) is 0.774. The maximum Gasteiger partial charge on any atom is 0.292 e. The Bertz CT molecular complexity index is 515. The van der Waals surface area contributed by atoms with Gasteiger partial charge in [-0.05, 0) is 48.9 Å². The van der Waals surface area contributed by atoms with Crippen molar-refractivity contribution in [3.05, 3.63) is 33.9 Å². The number of hydrogen-bond donors (Lipinski definition) is 1. The molecule has 1 heterocycles. The Morgan fingerprint density at radius 1 is 1.33 bits per heavy atom. The van der Waals surface area contributed by atoms with E-state index >= 15 is 0 Å². The Morgan fingerprint density at radius 3 is 2.43 bits per heavy atom. The molecule has 1 saturated heterocycles. The summed E-state index contributed by atoms with van der Waals surface area (Å²) in [6, 6.07) is 5.05. The molecule has 0 radical (unpaired) electrons. The van der Waals surface area contributed by atoms with E-state index in [-0.39, 0.29) is 11.4 Å². The largest absolute Gasteiger partial charge is 0.393 e. The van der Waals surface area contributed by atoms with Crippen LogP contribution in [0.1, 0.15) is 39.2 Å². The van der Waals surface area contributed by atoms with E-state index in [4.69, 9.17) is 5.73 Å². The van der Waals surface area contributed by atoms with Gasteiger partial charge in [-0.1, -0.05) is 26.8 Å². The zero-order valence-electron chi connectivity index (χ0n) is 13.1. The minimum absolute atomic E-state index is 0.00908. The van der Waals surface area contributed by atoms with Crippen LogP contribution in [0.2, 0.25) is 0 Å². The summed E-state index contributed by atoms with van der Waals surface area (Å²) >= 11 is 0. The SMILES string of the molecule is CC(C)(C)C1CCN(Cc2ccc([N+](=O)[O-])c(N)c2)CC1. The highest BCUT2D eigenvalue weighted by Gasteiger charge is 2.28. The van der Waals surface area contributed by atoms with Crippen LogP contribution >= 0.6 is 0 Å². The van der Waals surface area contributed by atoms with Gasteiger partial charge in [0.15, 0.2) is 0 Å². The summed E-state index contributed by atoms with van der Waals surface area (Å²) in [6.45, 7) is 9.91. The molecule has 2 rings (SSSR count). The van der Waals surface area contributed by atoms with Crippen LogP contribution in [-0.2, 0) is 6.54 Å². The van der Waals surface area contributed by atoms with Crippen LogP contribution in [0.25, 0.3) is 0 Å². The average Bonchev–Trinajstić information content (AvgIpc) is 2.38. The third-order valence-electron chi connectivity index (χ3n) is 4.51. The highest BCUT2D eigenvalue weighted by Crippen LogP contribution is 2.34. The molecule has 2 N–H and O–H groups in total. The summed E-state index contributed by atoms with van der Waals surface area (Å²) in [6.07, 6.45) is 2.43. The number of hydrogen-bond acceptors (Lipinski definition) is 4. The van der Waals surface area contributed by atoms with Gasteiger partial charge < -0.3 is 5.73 Å². The number of likely N-dealkylation sites (tertiary alicyclic amines) is 1. The second-order valence-corrected chi connectivity index (χ2v) is 7.07. The molecule has 1 aromatic rings. The zero-order chi connectivity index (χ0) is 15.6. The lowest BCUT2D eigenvalue weighted by atomic mass is 9.75. The van der Waals surface area contributed by atoms with Gasteiger partial charge in [0.05, 0.1) is 4.92 Å². The molecule has 5 nitrogen and oxygen atoms in total. The molecule has 1 fully saturated rings. The molecule has 21 heavy (non-hydrogen) atoms. The van der Waals surface area contributed by atoms with Gasteiger partial charge in [-0.25, -0.2) is 0 Å². The number of piperidine rings is 1. The second-order valence-electron chi connectivity index (χ2n) is 7.07. The Labute approximate surface area is 126 Å². The summed E-state index contributed by atoms with van der Waals surface area (Å²) in [7, 11) is 0. The first-order valence-electron chi connectivity index (χ1n) is 7.52. The molecule has 0 amide bonds. The van der Waals surface area contributed by atoms with Crippen molar-refractivity contribution in [2.75, 3.05) is 18.8 Å². The van der Waals surface area contributed by atoms with E-state index in [2.05, 4.69) is 25.7 Å². The number of benzene rings is 1. The van der Waals surface area contributed by atoms with Gasteiger partial charge in [-0.2, -0.15) is 0 Å². The topological polar surface area (TPSA) is 72.4 Å². The molecular formula is C16H25N3O2. The zero-order valence-corrected chi connectivity index (χ0v) is 13.1. The average molecular weight is 291 g/mol. The van der Waals surface area contributed by atoms with Crippen LogP contribution in [0, 0.1) is 21.4 Å². The number of nitrogens with two attached hydrogens (primary N) is 1. The van der Waals surface area contributed by atoms with Gasteiger partial charge >= 0.3 is 0 Å². The van der Waals surface area contributed by atoms with E-state index in [1.54, 1.807) is 6.07 Å². The molecule has 0 bridgehead atoms. The molecule has 116 valence electrons. The smallest absolute Gasteiger partial charge is 0.292 e. The maximum absolute atomic E-state index is 10.8. The molecule has 0 aromatic heterocycles. The van der Waals surface area contributed by atoms with Gasteiger partial charge in [0.25, 0.3) is 5.69 Å². The number of anilines is 1. The van der Waals surface area contributed by atoms with E-state index in [9.17, 15) is 10.1 Å². The van der Waals surface area contributed by atoms with Crippen LogP contribution in [0.15, 0.2) is 18.2 Å². The molecule has 5 heteroatoms. The van der Waals surface area contributed by atoms with Crippen molar-refractivity contribution in [1.82, 2.24) is 4.90 Å². The first kappa shape index (κ1) is 15.8. The Morgan fingerprint density at radius 2 is 1.95 bits per heavy atom. The van der Waals surface area contributed by atoms with E-state index in [0.717, 1.165) is 31.1 Å². The van der Waals surface area contributed by atoms with Gasteiger partial charge in [0.2, 0.25) is 0 Å². The minimum atomic E-state index is -0.437. The van der Waals surface area contributed by atoms with Crippen LogP contribution in [-0.4, -0.2) is 22.9 Å². The number of nitro benzene ring substituents is 1. The van der Waals surface area contributed by atoms with Crippen LogP contribution < -0.4 is 5.73 Å². The Kier molecular flexibility index (Phi) is 4.52. The molecule has 0 atom stereocenters. The summed E-state index contributed by atoms with van der Waals surface area (Å²) < 4.78 is 0. The van der Waals surface area contributed by atoms with E-state index in [1.165, 1.54) is 18.9 Å². The van der Waals surface area contributed by atoms with Crippen molar-refractivity contribution < 1.29 is 4.92 Å². The third kappa shape index (κ3) is 3.94. The quantitative estimate of drug-likeness (QED) is 0.526. The summed E-state index contributed by atoms with van der Waals surface area (Å²) in [5.41, 5.74) is 7.42. The number of nitrogens with zero attached hydrogens (tertiary/aromatic N) is 2. The van der Waals surface area contributed by atoms with E-state index in [1.807, 2.05) is 6.07 Å². The van der Waals surface area contributed by atoms with E-state index < -0.39 is 4.92 Å². The lowest BCUT2D eigenvalue weighted by Gasteiger charge is -2.38. The van der Waals surface area contributed by atoms with Crippen molar-refractivity contribution in [2.24, 2.45) is 11.3 Å². The van der Waals surface area contributed by atoms with Crippen LogP contribution in [0.5, 0.6) is 0 Å². The van der Waals surface area contributed by atoms with Crippen LogP contribution in [0.3, 0.4) is 0 Å². The minimum Gasteiger partial charge on any atom is -0.393 e. The standard InChI is InChI=1S/C16H25N3O2/c1-16(2,3)13-6-8-18(9-7-13)11-12-4-5-15(19(20)21)14(17)10-12/h4-5,10,13H,6-9,11,17H2,1-3H3. The number of nitrogen functional groups attached to an aromatic ring is 1. The van der Waals surface area contributed by atoms with Gasteiger partial charge in [0.1, 0.15) is 5.69 Å². The van der Waals surface area contributed by atoms with Crippen molar-refractivity contribution in [3.63, 3.8) is 0 Å². The highest BCUT2D eigenvalue weighted by molar-refractivity contribution is 5.59. The lowest BCUT2D eigenvalue weighted by Crippen LogP contribution is -2.37. The molecule has 0 saturated carbocycles. The number of nitro groups is 1. The predicted octanol–water partition coefficient (Wildman–Crippen LogP) is 3.44. The van der Waals surface area contributed by atoms with Gasteiger partial charge in [0, 0.05) is 12.6 Å². The maximum atomic E-state index is 10.8. The fourth-order valence-electron chi connectivity index (χ4n) is 3.08. The molecular weight excluding hydrogens is 266 g/mol. The first-order chi connectivity index (χ1) is 9.77. The molecule has 0 spiro atoms. The van der Waals surface area contributed by atoms with E-state index in [0.29, 0.717) is 5.41 Å². The molecule has 1 aliphatic heterocycles. The Hall–Kier alpha value is -1.62. The van der Waals surface area contributed by atoms with Gasteiger partial charge in [-0.15, -0.1) is 0 Å². The Balaban J connectivity index is 1.95. The van der Waals surface area contributed by atoms with Gasteiger partial charge in [-0.3, -0.25) is 15.0 Å². The van der Waals surface area contributed by atoms with Crippen molar-refractivity contribution in [3.8, 4) is 0 Å². The molecule has 1 aromatic carbocycles. The third-order valence-corrected chi connectivity index (χ3v) is 4.51. The van der Waals surface area contributed by atoms with Crippen molar-refractivity contribution >= 4 is 11.4 Å². The number of rotatable bonds is 3. The molecule has 0 aliphatic carbocycles. The highest BCUT2D eigenvalue weighted by atomic mass is 16.6. The van der Waals surface area contributed by atoms with Crippen LogP contribution in [0.4, 0.5) is 11.4 Å². The predicted molar refractivity (Wildman–Crippen MR) is 85.0 cm³/mol. The van der Waals surface area contributed by atoms with Crippen molar-refractivity contribution in [1.29, 1.82) is 0 Å². The molecule has 1 aliphatic rings. The fraction of sp³-hybridized carbons (Fsp3) is 0.625. The fourth-order valence-corrected chi connectivity index (χ4v) is 3.08. The second kappa shape index (κ2) is 6.02. The normalized spacial score (nSPS) is 17.9. The van der Waals surface area contributed by atoms with Crippen molar-refractivity contribution in [2.45, 2.75) is 40.2 Å². The first-order valence-corrected chi connectivity index (χ1v) is 7.52. The summed E-state index contributed by atoms with van der Waals surface area (Å²) in [5, 5.41) is 10.8.